The number of carbonyl (C=O) groups is 1. The average molecular weight is 295 g/mol. The Morgan fingerprint density at radius 1 is 1.18 bits per heavy atom. The first-order valence-corrected chi connectivity index (χ1v) is 7.63. The zero-order valence-electron chi connectivity index (χ0n) is 13.1. The highest BCUT2D eigenvalue weighted by atomic mass is 16.5. The van der Waals surface area contributed by atoms with Gasteiger partial charge in [0, 0.05) is 19.7 Å². The minimum Gasteiger partial charge on any atom is -0.380 e. The Bertz CT molecular complexity index is 663. The molecule has 0 fully saturated rings. The van der Waals surface area contributed by atoms with Crippen molar-refractivity contribution in [2.24, 2.45) is 0 Å². The molecule has 2 aromatic rings. The lowest BCUT2D eigenvalue weighted by molar-refractivity contribution is 0.0730. The van der Waals surface area contributed by atoms with Crippen molar-refractivity contribution in [1.29, 1.82) is 0 Å². The van der Waals surface area contributed by atoms with Crippen molar-refractivity contribution in [2.75, 3.05) is 14.2 Å². The summed E-state index contributed by atoms with van der Waals surface area (Å²) >= 11 is 0. The third-order valence-corrected chi connectivity index (χ3v) is 4.40. The molecule has 0 N–H and O–H groups in total. The molecule has 0 saturated heterocycles. The fourth-order valence-corrected chi connectivity index (χ4v) is 3.19. The molecule has 1 aliphatic rings. The van der Waals surface area contributed by atoms with Crippen molar-refractivity contribution in [2.45, 2.75) is 25.5 Å². The smallest absolute Gasteiger partial charge is 0.254 e. The molecule has 0 bridgehead atoms. The van der Waals surface area contributed by atoms with Gasteiger partial charge in [0.15, 0.2) is 0 Å². The van der Waals surface area contributed by atoms with Crippen molar-refractivity contribution in [1.82, 2.24) is 4.90 Å². The van der Waals surface area contributed by atoms with Crippen molar-refractivity contribution in [3.05, 3.63) is 70.8 Å². The average Bonchev–Trinajstić information content (AvgIpc) is 2.98. The fourth-order valence-electron chi connectivity index (χ4n) is 3.19. The lowest BCUT2D eigenvalue weighted by atomic mass is 10.1. The predicted octanol–water partition coefficient (Wildman–Crippen LogP) is 3.59. The van der Waals surface area contributed by atoms with E-state index in [4.69, 9.17) is 4.74 Å². The number of aryl methyl sites for hydroxylation is 1. The van der Waals surface area contributed by atoms with Gasteiger partial charge in [-0.15, -0.1) is 0 Å². The SMILES string of the molecule is COCc1ccc(C(=O)N(C)[C@@H]2CCc3ccccc32)cc1. The standard InChI is InChI=1S/C19H21NO2/c1-20(18-12-11-15-5-3-4-6-17(15)18)19(21)16-9-7-14(8-10-16)13-22-2/h3-10,18H,11-13H2,1-2H3/t18-/m1/s1. The van der Waals surface area contributed by atoms with Crippen LogP contribution in [-0.4, -0.2) is 25.0 Å². The number of amides is 1. The molecule has 0 aliphatic heterocycles. The maximum absolute atomic E-state index is 12.7. The number of ether oxygens (including phenoxy) is 1. The number of fused-ring (bicyclic) bond motifs is 1. The molecule has 1 atom stereocenters. The van der Waals surface area contributed by atoms with Crippen molar-refractivity contribution in [3.8, 4) is 0 Å². The Balaban J connectivity index is 1.78. The summed E-state index contributed by atoms with van der Waals surface area (Å²) in [5.41, 5.74) is 4.46. The molecule has 3 heteroatoms. The second kappa shape index (κ2) is 6.32. The molecule has 0 aromatic heterocycles. The van der Waals surface area contributed by atoms with E-state index in [1.807, 2.05) is 36.2 Å². The molecule has 3 nitrogen and oxygen atoms in total. The zero-order chi connectivity index (χ0) is 15.5. The normalized spacial score (nSPS) is 16.4. The van der Waals surface area contributed by atoms with Crippen LogP contribution in [0.4, 0.5) is 0 Å². The van der Waals surface area contributed by atoms with Crippen LogP contribution in [0.25, 0.3) is 0 Å². The minimum absolute atomic E-state index is 0.0747. The summed E-state index contributed by atoms with van der Waals surface area (Å²) in [7, 11) is 3.57. The van der Waals surface area contributed by atoms with Crippen LogP contribution in [0, 0.1) is 0 Å². The highest BCUT2D eigenvalue weighted by Crippen LogP contribution is 2.35. The molecule has 1 amide bonds. The van der Waals surface area contributed by atoms with Crippen LogP contribution in [0.15, 0.2) is 48.5 Å². The molecular formula is C19H21NO2. The van der Waals surface area contributed by atoms with Crippen molar-refractivity contribution >= 4 is 5.91 Å². The summed E-state index contributed by atoms with van der Waals surface area (Å²) in [4.78, 5) is 14.6. The summed E-state index contributed by atoms with van der Waals surface area (Å²) in [6.07, 6.45) is 2.05. The summed E-state index contributed by atoms with van der Waals surface area (Å²) in [6, 6.07) is 16.3. The Kier molecular flexibility index (Phi) is 4.25. The second-order valence-electron chi connectivity index (χ2n) is 5.80. The topological polar surface area (TPSA) is 29.5 Å². The predicted molar refractivity (Wildman–Crippen MR) is 86.8 cm³/mol. The molecule has 0 heterocycles. The summed E-state index contributed by atoms with van der Waals surface area (Å²) in [5, 5.41) is 0. The molecule has 0 unspecified atom stereocenters. The number of benzene rings is 2. The Morgan fingerprint density at radius 3 is 2.64 bits per heavy atom. The van der Waals surface area contributed by atoms with Crippen LogP contribution in [0.3, 0.4) is 0 Å². The Morgan fingerprint density at radius 2 is 1.91 bits per heavy atom. The van der Waals surface area contributed by atoms with Gasteiger partial charge in [-0.25, -0.2) is 0 Å². The van der Waals surface area contributed by atoms with E-state index in [9.17, 15) is 4.79 Å². The molecule has 3 rings (SSSR count). The van der Waals surface area contributed by atoms with Crippen LogP contribution >= 0.6 is 0 Å². The molecule has 2 aromatic carbocycles. The maximum atomic E-state index is 12.7. The Hall–Kier alpha value is -2.13. The summed E-state index contributed by atoms with van der Waals surface area (Å²) in [5.74, 6) is 0.0747. The van der Waals surface area contributed by atoms with Crippen molar-refractivity contribution < 1.29 is 9.53 Å². The van der Waals surface area contributed by atoms with Gasteiger partial charge in [0.25, 0.3) is 5.91 Å². The minimum atomic E-state index is 0.0747. The zero-order valence-corrected chi connectivity index (χ0v) is 13.1. The van der Waals surface area contributed by atoms with E-state index in [1.165, 1.54) is 11.1 Å². The maximum Gasteiger partial charge on any atom is 0.254 e. The number of nitrogens with zero attached hydrogens (tertiary/aromatic N) is 1. The van der Waals surface area contributed by atoms with Gasteiger partial charge in [0.05, 0.1) is 12.6 Å². The number of methoxy groups -OCH3 is 1. The molecule has 22 heavy (non-hydrogen) atoms. The van der Waals surface area contributed by atoms with E-state index in [0.29, 0.717) is 6.61 Å². The third kappa shape index (κ3) is 2.77. The molecular weight excluding hydrogens is 274 g/mol. The number of hydrogen-bond donors (Lipinski definition) is 0. The quantitative estimate of drug-likeness (QED) is 0.862. The van der Waals surface area contributed by atoms with Gasteiger partial charge in [0.1, 0.15) is 0 Å². The number of rotatable bonds is 4. The van der Waals surface area contributed by atoms with E-state index in [-0.39, 0.29) is 11.9 Å². The summed E-state index contributed by atoms with van der Waals surface area (Å²) < 4.78 is 5.10. The van der Waals surface area contributed by atoms with Crippen molar-refractivity contribution in [3.63, 3.8) is 0 Å². The monoisotopic (exact) mass is 295 g/mol. The van der Waals surface area contributed by atoms with E-state index in [0.717, 1.165) is 24.0 Å². The van der Waals surface area contributed by atoms with Gasteiger partial charge in [0.2, 0.25) is 0 Å². The first-order valence-electron chi connectivity index (χ1n) is 7.63. The van der Waals surface area contributed by atoms with Gasteiger partial charge in [-0.05, 0) is 41.7 Å². The van der Waals surface area contributed by atoms with Gasteiger partial charge in [-0.3, -0.25) is 4.79 Å². The summed E-state index contributed by atoms with van der Waals surface area (Å²) in [6.45, 7) is 0.570. The fraction of sp³-hybridized carbons (Fsp3) is 0.316. The van der Waals surface area contributed by atoms with Gasteiger partial charge in [-0.1, -0.05) is 36.4 Å². The number of carbonyl (C=O) groups excluding carboxylic acids is 1. The first kappa shape index (κ1) is 14.8. The molecule has 0 spiro atoms. The highest BCUT2D eigenvalue weighted by Gasteiger charge is 2.28. The second-order valence-corrected chi connectivity index (χ2v) is 5.80. The van der Waals surface area contributed by atoms with E-state index in [2.05, 4.69) is 24.3 Å². The molecule has 0 radical (unpaired) electrons. The van der Waals surface area contributed by atoms with E-state index in [1.54, 1.807) is 7.11 Å². The van der Waals surface area contributed by atoms with Crippen LogP contribution in [-0.2, 0) is 17.8 Å². The van der Waals surface area contributed by atoms with Gasteiger partial charge in [-0.2, -0.15) is 0 Å². The third-order valence-electron chi connectivity index (χ3n) is 4.40. The lowest BCUT2D eigenvalue weighted by Gasteiger charge is -2.25. The van der Waals surface area contributed by atoms with Crippen LogP contribution in [0.5, 0.6) is 0 Å². The van der Waals surface area contributed by atoms with E-state index < -0.39 is 0 Å². The van der Waals surface area contributed by atoms with Crippen LogP contribution in [0.2, 0.25) is 0 Å². The lowest BCUT2D eigenvalue weighted by Crippen LogP contribution is -2.30. The van der Waals surface area contributed by atoms with Crippen LogP contribution in [0.1, 0.15) is 39.5 Å². The number of hydrogen-bond acceptors (Lipinski definition) is 2. The molecule has 0 saturated carbocycles. The largest absolute Gasteiger partial charge is 0.380 e. The van der Waals surface area contributed by atoms with Crippen LogP contribution < -0.4 is 0 Å². The van der Waals surface area contributed by atoms with Gasteiger partial charge >= 0.3 is 0 Å². The molecule has 114 valence electrons. The highest BCUT2D eigenvalue weighted by molar-refractivity contribution is 5.94. The Labute approximate surface area is 131 Å². The van der Waals surface area contributed by atoms with Gasteiger partial charge < -0.3 is 9.64 Å². The first-order chi connectivity index (χ1) is 10.7. The van der Waals surface area contributed by atoms with E-state index >= 15 is 0 Å². The molecule has 1 aliphatic carbocycles.